The number of benzene rings is 2. The number of hydrogen-bond acceptors (Lipinski definition) is 6. The molecule has 3 rings (SSSR count). The molecule has 2 aromatic rings. The second-order valence-corrected chi connectivity index (χ2v) is 6.56. The zero-order valence-corrected chi connectivity index (χ0v) is 16.0. The minimum atomic E-state index is -0.460. The fourth-order valence-corrected chi connectivity index (χ4v) is 3.07. The first-order valence-electron chi connectivity index (χ1n) is 9.01. The van der Waals surface area contributed by atoms with Crippen LogP contribution in [0, 0.1) is 17.0 Å². The van der Waals surface area contributed by atoms with Crippen LogP contribution in [0.4, 0.5) is 11.4 Å². The lowest BCUT2D eigenvalue weighted by molar-refractivity contribution is -0.385. The lowest BCUT2D eigenvalue weighted by Gasteiger charge is -2.14. The molecule has 0 spiro atoms. The first-order valence-corrected chi connectivity index (χ1v) is 9.01. The second-order valence-electron chi connectivity index (χ2n) is 6.56. The molecule has 0 aliphatic carbocycles. The summed E-state index contributed by atoms with van der Waals surface area (Å²) in [5.41, 5.74) is 2.03. The van der Waals surface area contributed by atoms with Crippen molar-refractivity contribution in [3.05, 3.63) is 51.6 Å². The van der Waals surface area contributed by atoms with Gasteiger partial charge in [-0.25, -0.2) is 0 Å². The third-order valence-corrected chi connectivity index (χ3v) is 4.31. The van der Waals surface area contributed by atoms with Gasteiger partial charge in [0.2, 0.25) is 0 Å². The minimum absolute atomic E-state index is 0.00512. The van der Waals surface area contributed by atoms with Gasteiger partial charge in [0.15, 0.2) is 6.61 Å². The lowest BCUT2D eigenvalue weighted by Crippen LogP contribution is -2.20. The number of nitrogens with one attached hydrogen (secondary N) is 1. The first kappa shape index (κ1) is 19.5. The fourth-order valence-electron chi connectivity index (χ4n) is 3.07. The monoisotopic (exact) mass is 386 g/mol. The molecule has 28 heavy (non-hydrogen) atoms. The van der Waals surface area contributed by atoms with Crippen molar-refractivity contribution in [2.75, 3.05) is 18.5 Å². The molecule has 0 radical (unpaired) electrons. The third kappa shape index (κ3) is 4.33. The van der Waals surface area contributed by atoms with Gasteiger partial charge in [0.05, 0.1) is 17.2 Å². The quantitative estimate of drug-likeness (QED) is 0.576. The van der Waals surface area contributed by atoms with Crippen molar-refractivity contribution in [1.82, 2.24) is 0 Å². The van der Waals surface area contributed by atoms with Gasteiger partial charge in [-0.3, -0.25) is 14.9 Å². The molecule has 0 saturated heterocycles. The van der Waals surface area contributed by atoms with Gasteiger partial charge < -0.3 is 19.5 Å². The second kappa shape index (κ2) is 8.16. The molecular weight excluding hydrogens is 364 g/mol. The van der Waals surface area contributed by atoms with E-state index in [1.165, 1.54) is 18.2 Å². The van der Waals surface area contributed by atoms with Crippen molar-refractivity contribution in [3.63, 3.8) is 0 Å². The molecule has 0 fully saturated rings. The highest BCUT2D eigenvalue weighted by atomic mass is 16.6. The summed E-state index contributed by atoms with van der Waals surface area (Å²) in [6, 6.07) is 8.00. The summed E-state index contributed by atoms with van der Waals surface area (Å²) in [7, 11) is 0. The number of carbonyl (C=O) groups excluding carboxylic acids is 1. The van der Waals surface area contributed by atoms with E-state index in [1.807, 2.05) is 19.9 Å². The van der Waals surface area contributed by atoms with Crippen LogP contribution in [0.15, 0.2) is 30.3 Å². The zero-order chi connectivity index (χ0) is 20.3. The number of hydrogen-bond donors (Lipinski definition) is 1. The molecule has 0 bridgehead atoms. The van der Waals surface area contributed by atoms with Gasteiger partial charge in [0, 0.05) is 29.7 Å². The first-order chi connectivity index (χ1) is 13.4. The average molecular weight is 386 g/mol. The van der Waals surface area contributed by atoms with Crippen LogP contribution in [0.5, 0.6) is 17.2 Å². The summed E-state index contributed by atoms with van der Waals surface area (Å²) in [6.07, 6.45) is 0.885. The number of rotatable bonds is 7. The Balaban J connectivity index is 1.67. The van der Waals surface area contributed by atoms with E-state index >= 15 is 0 Å². The Bertz CT molecular complexity index is 912. The van der Waals surface area contributed by atoms with E-state index < -0.39 is 4.92 Å². The molecule has 0 aromatic heterocycles. The van der Waals surface area contributed by atoms with Gasteiger partial charge in [0.25, 0.3) is 11.6 Å². The molecule has 8 heteroatoms. The van der Waals surface area contributed by atoms with Crippen LogP contribution in [-0.4, -0.2) is 30.1 Å². The van der Waals surface area contributed by atoms with Gasteiger partial charge in [-0.2, -0.15) is 0 Å². The molecule has 2 aromatic carbocycles. The van der Waals surface area contributed by atoms with Gasteiger partial charge >= 0.3 is 0 Å². The maximum atomic E-state index is 12.3. The largest absolute Gasteiger partial charge is 0.492 e. The van der Waals surface area contributed by atoms with Crippen LogP contribution in [0.2, 0.25) is 0 Å². The van der Waals surface area contributed by atoms with Crippen molar-refractivity contribution in [2.24, 2.45) is 0 Å². The molecule has 0 saturated carbocycles. The number of ether oxygens (including phenoxy) is 3. The van der Waals surface area contributed by atoms with Crippen molar-refractivity contribution in [3.8, 4) is 17.2 Å². The van der Waals surface area contributed by atoms with Crippen molar-refractivity contribution in [1.29, 1.82) is 0 Å². The molecular formula is C20H22N2O6. The fraction of sp³-hybridized carbons (Fsp3) is 0.350. The number of nitro groups is 1. The molecule has 1 aliphatic rings. The number of nitrogens with zero attached hydrogens (tertiary/aromatic N) is 1. The Kier molecular flexibility index (Phi) is 5.67. The molecule has 1 unspecified atom stereocenters. The summed E-state index contributed by atoms with van der Waals surface area (Å²) in [5, 5.41) is 13.6. The Morgan fingerprint density at radius 3 is 2.79 bits per heavy atom. The lowest BCUT2D eigenvalue weighted by atomic mass is 10.1. The van der Waals surface area contributed by atoms with Gasteiger partial charge in [0.1, 0.15) is 23.4 Å². The molecule has 1 aliphatic heterocycles. The number of carbonyl (C=O) groups is 1. The van der Waals surface area contributed by atoms with E-state index in [0.717, 1.165) is 17.7 Å². The number of aryl methyl sites for hydroxylation is 1. The van der Waals surface area contributed by atoms with Crippen LogP contribution in [0.1, 0.15) is 25.0 Å². The summed E-state index contributed by atoms with van der Waals surface area (Å²) >= 11 is 0. The highest BCUT2D eigenvalue weighted by Gasteiger charge is 2.22. The Morgan fingerprint density at radius 2 is 2.11 bits per heavy atom. The van der Waals surface area contributed by atoms with E-state index in [0.29, 0.717) is 29.4 Å². The number of anilines is 1. The van der Waals surface area contributed by atoms with Crippen molar-refractivity contribution in [2.45, 2.75) is 33.3 Å². The Morgan fingerprint density at radius 1 is 1.32 bits per heavy atom. The van der Waals surface area contributed by atoms with Crippen LogP contribution < -0.4 is 19.5 Å². The highest BCUT2D eigenvalue weighted by Crippen LogP contribution is 2.38. The van der Waals surface area contributed by atoms with Crippen LogP contribution in [0.3, 0.4) is 0 Å². The zero-order valence-electron chi connectivity index (χ0n) is 16.0. The molecule has 1 amide bonds. The van der Waals surface area contributed by atoms with Gasteiger partial charge in [-0.1, -0.05) is 0 Å². The molecule has 148 valence electrons. The van der Waals surface area contributed by atoms with Crippen molar-refractivity contribution >= 4 is 17.3 Å². The minimum Gasteiger partial charge on any atom is -0.492 e. The van der Waals surface area contributed by atoms with E-state index in [4.69, 9.17) is 14.2 Å². The molecule has 1 N–H and O–H groups in total. The standard InChI is InChI=1S/C20H22N2O6/c1-4-26-19-9-14-8-13(3)28-18(14)10-16(19)21-20(23)11-27-15-5-6-17(22(24)25)12(2)7-15/h5-7,9-10,13H,4,8,11H2,1-3H3,(H,21,23). The van der Waals surface area contributed by atoms with E-state index in [9.17, 15) is 14.9 Å². The third-order valence-electron chi connectivity index (χ3n) is 4.31. The predicted octanol–water partition coefficient (Wildman–Crippen LogP) is 3.64. The van der Waals surface area contributed by atoms with Gasteiger partial charge in [-0.05, 0) is 39.0 Å². The van der Waals surface area contributed by atoms with Gasteiger partial charge in [-0.15, -0.1) is 0 Å². The van der Waals surface area contributed by atoms with Crippen LogP contribution in [0.25, 0.3) is 0 Å². The number of amides is 1. The Labute approximate surface area is 162 Å². The molecule has 1 heterocycles. The number of nitro benzene ring substituents is 1. The predicted molar refractivity (Wildman–Crippen MR) is 103 cm³/mol. The average Bonchev–Trinajstić information content (AvgIpc) is 2.99. The van der Waals surface area contributed by atoms with Crippen LogP contribution in [-0.2, 0) is 11.2 Å². The normalized spacial score (nSPS) is 14.8. The summed E-state index contributed by atoms with van der Waals surface area (Å²) in [6.45, 7) is 5.70. The van der Waals surface area contributed by atoms with E-state index in [1.54, 1.807) is 13.0 Å². The molecule has 1 atom stereocenters. The maximum Gasteiger partial charge on any atom is 0.272 e. The van der Waals surface area contributed by atoms with Crippen LogP contribution >= 0.6 is 0 Å². The SMILES string of the molecule is CCOc1cc2c(cc1NC(=O)COc1ccc([N+](=O)[O-])c(C)c1)OC(C)C2. The summed E-state index contributed by atoms with van der Waals surface area (Å²) in [5.74, 6) is 1.33. The Hall–Kier alpha value is -3.29. The van der Waals surface area contributed by atoms with E-state index in [2.05, 4.69) is 5.32 Å². The van der Waals surface area contributed by atoms with E-state index in [-0.39, 0.29) is 24.3 Å². The highest BCUT2D eigenvalue weighted by molar-refractivity contribution is 5.93. The maximum absolute atomic E-state index is 12.3. The number of fused-ring (bicyclic) bond motifs is 1. The smallest absolute Gasteiger partial charge is 0.272 e. The topological polar surface area (TPSA) is 99.9 Å². The summed E-state index contributed by atoms with van der Waals surface area (Å²) < 4.78 is 16.8. The summed E-state index contributed by atoms with van der Waals surface area (Å²) in [4.78, 5) is 22.7. The molecule has 8 nitrogen and oxygen atoms in total. The van der Waals surface area contributed by atoms with Crippen molar-refractivity contribution < 1.29 is 23.9 Å².